The molecule has 0 bridgehead atoms. The van der Waals surface area contributed by atoms with E-state index in [2.05, 4.69) is 9.72 Å². The fourth-order valence-corrected chi connectivity index (χ4v) is 0.850. The zero-order valence-electron chi connectivity index (χ0n) is 7.09. The summed E-state index contributed by atoms with van der Waals surface area (Å²) in [5.74, 6) is -0.587. The molecule has 0 fully saturated rings. The number of hydrogen-bond donors (Lipinski definition) is 0. The van der Waals surface area contributed by atoms with Gasteiger partial charge in [-0.2, -0.15) is 5.26 Å². The van der Waals surface area contributed by atoms with Gasteiger partial charge in [-0.3, -0.25) is 0 Å². The van der Waals surface area contributed by atoms with Crippen LogP contribution in [0.4, 0.5) is 13.2 Å². The van der Waals surface area contributed by atoms with Gasteiger partial charge in [0.15, 0.2) is 0 Å². The number of nitriles is 1. The molecule has 74 valence electrons. The summed E-state index contributed by atoms with van der Waals surface area (Å²) in [5.41, 5.74) is 0.187. The molecule has 14 heavy (non-hydrogen) atoms. The van der Waals surface area contributed by atoms with E-state index in [9.17, 15) is 13.2 Å². The molecule has 0 saturated carbocycles. The zero-order valence-corrected chi connectivity index (χ0v) is 7.09. The predicted molar refractivity (Wildman–Crippen MR) is 40.4 cm³/mol. The van der Waals surface area contributed by atoms with Gasteiger partial charge in [0.25, 0.3) is 0 Å². The molecule has 0 saturated heterocycles. The minimum atomic E-state index is -4.79. The van der Waals surface area contributed by atoms with Crippen molar-refractivity contribution in [3.05, 3.63) is 23.4 Å². The fourth-order valence-electron chi connectivity index (χ4n) is 0.850. The Morgan fingerprint density at radius 3 is 2.64 bits per heavy atom. The highest BCUT2D eigenvalue weighted by Gasteiger charge is 2.32. The van der Waals surface area contributed by atoms with Gasteiger partial charge in [-0.1, -0.05) is 0 Å². The maximum Gasteiger partial charge on any atom is 0.574 e. The Morgan fingerprint density at radius 1 is 1.50 bits per heavy atom. The maximum absolute atomic E-state index is 11.8. The predicted octanol–water partition coefficient (Wildman–Crippen LogP) is 2.16. The number of rotatable bonds is 1. The van der Waals surface area contributed by atoms with Gasteiger partial charge in [-0.05, 0) is 13.0 Å². The molecule has 0 aromatic carbocycles. The second kappa shape index (κ2) is 3.54. The summed E-state index contributed by atoms with van der Waals surface area (Å²) < 4.78 is 39.0. The van der Waals surface area contributed by atoms with Crippen molar-refractivity contribution in [3.63, 3.8) is 0 Å². The van der Waals surface area contributed by atoms with Crippen LogP contribution in [0.25, 0.3) is 0 Å². The summed E-state index contributed by atoms with van der Waals surface area (Å²) in [6.07, 6.45) is -3.70. The van der Waals surface area contributed by atoms with Gasteiger partial charge in [0.05, 0.1) is 11.6 Å². The first kappa shape index (κ1) is 10.3. The third-order valence-corrected chi connectivity index (χ3v) is 1.49. The molecule has 1 aromatic heterocycles. The summed E-state index contributed by atoms with van der Waals surface area (Å²) in [6, 6.07) is 3.05. The molecule has 0 aliphatic rings. The molecule has 0 aliphatic heterocycles. The third kappa shape index (κ3) is 2.36. The molecule has 1 aromatic rings. The smallest absolute Gasteiger partial charge is 0.388 e. The van der Waals surface area contributed by atoms with E-state index in [1.807, 2.05) is 0 Å². The van der Waals surface area contributed by atoms with Gasteiger partial charge in [0.2, 0.25) is 5.88 Å². The summed E-state index contributed by atoms with van der Waals surface area (Å²) in [6.45, 7) is 1.34. The van der Waals surface area contributed by atoms with Crippen LogP contribution in [-0.4, -0.2) is 11.3 Å². The van der Waals surface area contributed by atoms with E-state index in [1.165, 1.54) is 13.0 Å². The highest BCUT2D eigenvalue weighted by Crippen LogP contribution is 2.24. The van der Waals surface area contributed by atoms with Crippen molar-refractivity contribution in [1.82, 2.24) is 4.98 Å². The Balaban J connectivity index is 3.06. The van der Waals surface area contributed by atoms with E-state index in [1.54, 1.807) is 6.07 Å². The van der Waals surface area contributed by atoms with Crippen LogP contribution in [0.1, 0.15) is 11.1 Å². The Kier molecular flexibility index (Phi) is 2.60. The number of aromatic nitrogens is 1. The van der Waals surface area contributed by atoms with Crippen molar-refractivity contribution in [2.24, 2.45) is 0 Å². The molecule has 0 N–H and O–H groups in total. The van der Waals surface area contributed by atoms with Crippen LogP contribution in [0.3, 0.4) is 0 Å². The van der Waals surface area contributed by atoms with Crippen LogP contribution < -0.4 is 4.74 Å². The molecule has 0 amide bonds. The lowest BCUT2D eigenvalue weighted by molar-refractivity contribution is -0.276. The second-order valence-corrected chi connectivity index (χ2v) is 2.45. The number of halogens is 3. The van der Waals surface area contributed by atoms with Crippen LogP contribution in [-0.2, 0) is 0 Å². The summed E-state index contributed by atoms with van der Waals surface area (Å²) in [5, 5.41) is 8.53. The van der Waals surface area contributed by atoms with E-state index >= 15 is 0 Å². The van der Waals surface area contributed by atoms with Crippen LogP contribution in [0.15, 0.2) is 12.3 Å². The maximum atomic E-state index is 11.8. The molecule has 1 rings (SSSR count). The van der Waals surface area contributed by atoms with Gasteiger partial charge in [0, 0.05) is 11.8 Å². The Hall–Kier alpha value is -1.77. The highest BCUT2D eigenvalue weighted by molar-refractivity contribution is 5.41. The van der Waals surface area contributed by atoms with Crippen molar-refractivity contribution in [3.8, 4) is 11.9 Å². The molecular formula is C8H5F3N2O. The molecule has 0 atom stereocenters. The van der Waals surface area contributed by atoms with E-state index in [0.717, 1.165) is 6.20 Å². The Labute approximate surface area is 77.7 Å². The van der Waals surface area contributed by atoms with Crippen LogP contribution in [0.2, 0.25) is 0 Å². The molecule has 6 heteroatoms. The number of ether oxygens (including phenoxy) is 1. The first-order valence-electron chi connectivity index (χ1n) is 3.55. The van der Waals surface area contributed by atoms with E-state index in [4.69, 9.17) is 5.26 Å². The minimum absolute atomic E-state index is 0.0762. The van der Waals surface area contributed by atoms with Gasteiger partial charge in [0.1, 0.15) is 0 Å². The van der Waals surface area contributed by atoms with Gasteiger partial charge in [-0.25, -0.2) is 4.98 Å². The molecular weight excluding hydrogens is 197 g/mol. The molecule has 0 radical (unpaired) electrons. The van der Waals surface area contributed by atoms with Gasteiger partial charge in [-0.15, -0.1) is 13.2 Å². The number of nitrogens with zero attached hydrogens (tertiary/aromatic N) is 2. The number of pyridine rings is 1. The van der Waals surface area contributed by atoms with Crippen molar-refractivity contribution in [2.75, 3.05) is 0 Å². The van der Waals surface area contributed by atoms with E-state index < -0.39 is 12.2 Å². The minimum Gasteiger partial charge on any atom is -0.388 e. The largest absolute Gasteiger partial charge is 0.574 e. The number of alkyl halides is 3. The average Bonchev–Trinajstić information content (AvgIpc) is 2.06. The average molecular weight is 202 g/mol. The monoisotopic (exact) mass is 202 g/mol. The lowest BCUT2D eigenvalue weighted by atomic mass is 10.2. The SMILES string of the molecule is Cc1c(C#N)ccnc1OC(F)(F)F. The lowest BCUT2D eigenvalue weighted by Gasteiger charge is -2.09. The summed E-state index contributed by atoms with van der Waals surface area (Å²) in [7, 11) is 0. The first-order chi connectivity index (χ1) is 6.44. The molecule has 0 unspecified atom stereocenters. The van der Waals surface area contributed by atoms with Crippen LogP contribution in [0, 0.1) is 18.3 Å². The molecule has 3 nitrogen and oxygen atoms in total. The summed E-state index contributed by atoms with van der Waals surface area (Å²) in [4.78, 5) is 3.38. The molecule has 1 heterocycles. The Morgan fingerprint density at radius 2 is 2.14 bits per heavy atom. The first-order valence-corrected chi connectivity index (χ1v) is 3.55. The molecule has 0 aliphatic carbocycles. The van der Waals surface area contributed by atoms with Crippen molar-refractivity contribution in [2.45, 2.75) is 13.3 Å². The van der Waals surface area contributed by atoms with Crippen LogP contribution in [0.5, 0.6) is 5.88 Å². The van der Waals surface area contributed by atoms with E-state index in [0.29, 0.717) is 0 Å². The van der Waals surface area contributed by atoms with Gasteiger partial charge < -0.3 is 4.74 Å². The fraction of sp³-hybridized carbons (Fsp3) is 0.250. The van der Waals surface area contributed by atoms with Crippen molar-refractivity contribution < 1.29 is 17.9 Å². The third-order valence-electron chi connectivity index (χ3n) is 1.49. The van der Waals surface area contributed by atoms with Crippen molar-refractivity contribution >= 4 is 0 Å². The lowest BCUT2D eigenvalue weighted by Crippen LogP contribution is -2.18. The van der Waals surface area contributed by atoms with Gasteiger partial charge >= 0.3 is 6.36 Å². The topological polar surface area (TPSA) is 45.9 Å². The highest BCUT2D eigenvalue weighted by atomic mass is 19.4. The number of hydrogen-bond acceptors (Lipinski definition) is 3. The normalized spacial score (nSPS) is 10.8. The van der Waals surface area contributed by atoms with E-state index in [-0.39, 0.29) is 11.1 Å². The second-order valence-electron chi connectivity index (χ2n) is 2.45. The van der Waals surface area contributed by atoms with Crippen molar-refractivity contribution in [1.29, 1.82) is 5.26 Å². The Bertz CT molecular complexity index is 381. The van der Waals surface area contributed by atoms with Crippen LogP contribution >= 0.6 is 0 Å². The standard InChI is InChI=1S/C8H5F3N2O/c1-5-6(4-12)2-3-13-7(5)14-8(9,10)11/h2-3H,1H3. The summed E-state index contributed by atoms with van der Waals surface area (Å²) >= 11 is 0. The zero-order chi connectivity index (χ0) is 10.8. The molecule has 0 spiro atoms. The quantitative estimate of drug-likeness (QED) is 0.700.